The Morgan fingerprint density at radius 1 is 1.18 bits per heavy atom. The van der Waals surface area contributed by atoms with Crippen molar-refractivity contribution < 1.29 is 13.2 Å². The van der Waals surface area contributed by atoms with Gasteiger partial charge in [-0.1, -0.05) is 23.8 Å². The van der Waals surface area contributed by atoms with Crippen molar-refractivity contribution in [1.29, 1.82) is 0 Å². The van der Waals surface area contributed by atoms with Crippen LogP contribution in [0.1, 0.15) is 25.7 Å². The van der Waals surface area contributed by atoms with Crippen LogP contribution in [0.5, 0.6) is 0 Å². The lowest BCUT2D eigenvalue weighted by Crippen LogP contribution is -2.24. The van der Waals surface area contributed by atoms with Gasteiger partial charge in [0.1, 0.15) is 0 Å². The summed E-state index contributed by atoms with van der Waals surface area (Å²) in [7, 11) is -3.20. The Hall–Kier alpha value is -2.07. The molecule has 9 heteroatoms. The Morgan fingerprint density at radius 2 is 1.96 bits per heavy atom. The zero-order valence-electron chi connectivity index (χ0n) is 15.8. The van der Waals surface area contributed by atoms with Crippen LogP contribution < -0.4 is 10.0 Å². The highest BCUT2D eigenvalue weighted by Crippen LogP contribution is 2.28. The third-order valence-electron chi connectivity index (χ3n) is 4.00. The van der Waals surface area contributed by atoms with Gasteiger partial charge in [-0.3, -0.25) is 10.1 Å². The number of rotatable bonds is 7. The van der Waals surface area contributed by atoms with Crippen molar-refractivity contribution in [3.8, 4) is 11.3 Å². The second-order valence-corrected chi connectivity index (χ2v) is 10.4. The molecule has 0 aliphatic heterocycles. The minimum Gasteiger partial charge on any atom is -0.297 e. The number of nitrogens with zero attached hydrogens (tertiary/aromatic N) is 1. The molecule has 1 aromatic carbocycles. The van der Waals surface area contributed by atoms with E-state index >= 15 is 0 Å². The predicted octanol–water partition coefficient (Wildman–Crippen LogP) is 3.83. The number of aromatic nitrogens is 1. The molecule has 0 aliphatic rings. The Kier molecular flexibility index (Phi) is 6.29. The number of anilines is 1. The van der Waals surface area contributed by atoms with Gasteiger partial charge >= 0.3 is 0 Å². The van der Waals surface area contributed by atoms with Crippen LogP contribution in [0.25, 0.3) is 11.3 Å². The SMILES string of the molecule is Cc1ccc(-c2csc(NC(=O)c3ccc(CCNS(C)(=O)=O)s3)n2)c(C)c1. The summed E-state index contributed by atoms with van der Waals surface area (Å²) in [5, 5.41) is 5.32. The number of nitrogens with one attached hydrogen (secondary N) is 2. The van der Waals surface area contributed by atoms with Crippen molar-refractivity contribution in [2.75, 3.05) is 18.1 Å². The van der Waals surface area contributed by atoms with Crippen molar-refractivity contribution in [1.82, 2.24) is 9.71 Å². The fourth-order valence-electron chi connectivity index (χ4n) is 2.71. The van der Waals surface area contributed by atoms with Gasteiger partial charge < -0.3 is 0 Å². The molecule has 2 heterocycles. The molecule has 148 valence electrons. The molecule has 3 rings (SSSR count). The number of amides is 1. The standard InChI is InChI=1S/C19H21N3O3S3/c1-12-4-6-15(13(2)10-12)16-11-26-19(21-16)22-18(23)17-7-5-14(27-17)8-9-20-28(3,24)25/h4-7,10-11,20H,8-9H2,1-3H3,(H,21,22,23). The number of thiazole rings is 1. The highest BCUT2D eigenvalue weighted by Gasteiger charge is 2.13. The summed E-state index contributed by atoms with van der Waals surface area (Å²) in [5.74, 6) is -0.214. The molecule has 0 radical (unpaired) electrons. The molecule has 0 bridgehead atoms. The van der Waals surface area contributed by atoms with E-state index in [1.165, 1.54) is 28.2 Å². The highest BCUT2D eigenvalue weighted by molar-refractivity contribution is 7.88. The van der Waals surface area contributed by atoms with E-state index in [4.69, 9.17) is 0 Å². The first-order chi connectivity index (χ1) is 13.2. The van der Waals surface area contributed by atoms with Gasteiger partial charge in [-0.25, -0.2) is 18.1 Å². The number of thiophene rings is 1. The first kappa shape index (κ1) is 20.7. The highest BCUT2D eigenvalue weighted by atomic mass is 32.2. The number of carbonyl (C=O) groups excluding carboxylic acids is 1. The van der Waals surface area contributed by atoms with Crippen molar-refractivity contribution in [2.45, 2.75) is 20.3 Å². The lowest BCUT2D eigenvalue weighted by molar-refractivity contribution is 0.103. The number of sulfonamides is 1. The van der Waals surface area contributed by atoms with Gasteiger partial charge in [0.05, 0.1) is 16.8 Å². The fourth-order valence-corrected chi connectivity index (χ4v) is 4.79. The van der Waals surface area contributed by atoms with Gasteiger partial charge in [-0.15, -0.1) is 22.7 Å². The van der Waals surface area contributed by atoms with E-state index in [9.17, 15) is 13.2 Å². The molecule has 0 saturated carbocycles. The molecule has 2 aromatic heterocycles. The molecule has 6 nitrogen and oxygen atoms in total. The predicted molar refractivity (Wildman–Crippen MR) is 116 cm³/mol. The maximum atomic E-state index is 12.5. The van der Waals surface area contributed by atoms with Gasteiger partial charge in [0.2, 0.25) is 10.0 Å². The molecule has 0 saturated heterocycles. The van der Waals surface area contributed by atoms with Crippen LogP contribution in [0, 0.1) is 13.8 Å². The molecule has 0 atom stereocenters. The van der Waals surface area contributed by atoms with E-state index in [0.29, 0.717) is 23.0 Å². The second kappa shape index (κ2) is 8.52. The molecular formula is C19H21N3O3S3. The van der Waals surface area contributed by atoms with Gasteiger partial charge in [-0.05, 0) is 38.0 Å². The zero-order chi connectivity index (χ0) is 20.3. The van der Waals surface area contributed by atoms with Crippen LogP contribution in [0.4, 0.5) is 5.13 Å². The number of benzene rings is 1. The smallest absolute Gasteiger partial charge is 0.267 e. The summed E-state index contributed by atoms with van der Waals surface area (Å²) >= 11 is 2.74. The minimum absolute atomic E-state index is 0.214. The summed E-state index contributed by atoms with van der Waals surface area (Å²) in [4.78, 5) is 18.5. The van der Waals surface area contributed by atoms with E-state index in [2.05, 4.69) is 28.0 Å². The number of hydrogen-bond acceptors (Lipinski definition) is 6. The van der Waals surface area contributed by atoms with Crippen molar-refractivity contribution in [3.63, 3.8) is 0 Å². The lowest BCUT2D eigenvalue weighted by atomic mass is 10.0. The van der Waals surface area contributed by atoms with E-state index in [1.54, 1.807) is 6.07 Å². The molecule has 0 spiro atoms. The average Bonchev–Trinajstić information content (AvgIpc) is 3.23. The van der Waals surface area contributed by atoms with Crippen LogP contribution in [-0.2, 0) is 16.4 Å². The normalized spacial score (nSPS) is 11.5. The van der Waals surface area contributed by atoms with Gasteiger partial charge in [0.25, 0.3) is 5.91 Å². The van der Waals surface area contributed by atoms with Crippen molar-refractivity contribution >= 4 is 43.7 Å². The number of hydrogen-bond donors (Lipinski definition) is 2. The average molecular weight is 436 g/mol. The van der Waals surface area contributed by atoms with Crippen LogP contribution in [0.3, 0.4) is 0 Å². The van der Waals surface area contributed by atoms with E-state index in [-0.39, 0.29) is 5.91 Å². The van der Waals surface area contributed by atoms with Crippen molar-refractivity contribution in [2.24, 2.45) is 0 Å². The fraction of sp³-hybridized carbons (Fsp3) is 0.263. The molecule has 0 aliphatic carbocycles. The summed E-state index contributed by atoms with van der Waals surface area (Å²) in [6, 6.07) is 9.78. The Labute approximate surface area is 172 Å². The molecule has 28 heavy (non-hydrogen) atoms. The monoisotopic (exact) mass is 435 g/mol. The van der Waals surface area contributed by atoms with E-state index in [1.807, 2.05) is 30.5 Å². The molecule has 3 aromatic rings. The lowest BCUT2D eigenvalue weighted by Gasteiger charge is -2.03. The van der Waals surface area contributed by atoms with Crippen LogP contribution in [0.2, 0.25) is 0 Å². The largest absolute Gasteiger partial charge is 0.297 e. The third kappa shape index (κ3) is 5.48. The van der Waals surface area contributed by atoms with E-state index < -0.39 is 10.0 Å². The maximum absolute atomic E-state index is 12.5. The topological polar surface area (TPSA) is 88.2 Å². The second-order valence-electron chi connectivity index (χ2n) is 6.49. The third-order valence-corrected chi connectivity index (χ3v) is 6.63. The maximum Gasteiger partial charge on any atom is 0.267 e. The summed E-state index contributed by atoms with van der Waals surface area (Å²) < 4.78 is 24.7. The Balaban J connectivity index is 1.63. The van der Waals surface area contributed by atoms with Crippen LogP contribution in [0.15, 0.2) is 35.7 Å². The molecule has 0 unspecified atom stereocenters. The number of aryl methyl sites for hydroxylation is 2. The van der Waals surface area contributed by atoms with Crippen LogP contribution >= 0.6 is 22.7 Å². The molecule has 0 fully saturated rings. The Morgan fingerprint density at radius 3 is 2.68 bits per heavy atom. The van der Waals surface area contributed by atoms with Gasteiger partial charge in [0, 0.05) is 22.4 Å². The van der Waals surface area contributed by atoms with E-state index in [0.717, 1.165) is 28.0 Å². The molecule has 1 amide bonds. The van der Waals surface area contributed by atoms with Gasteiger partial charge in [-0.2, -0.15) is 0 Å². The minimum atomic E-state index is -3.20. The summed E-state index contributed by atoms with van der Waals surface area (Å²) in [6.07, 6.45) is 1.67. The zero-order valence-corrected chi connectivity index (χ0v) is 18.2. The Bertz CT molecular complexity index is 1100. The summed E-state index contributed by atoms with van der Waals surface area (Å²) in [5.41, 5.74) is 4.25. The number of carbonyl (C=O) groups is 1. The first-order valence-electron chi connectivity index (χ1n) is 8.59. The first-order valence-corrected chi connectivity index (χ1v) is 12.2. The quantitative estimate of drug-likeness (QED) is 0.590. The molecule has 2 N–H and O–H groups in total. The molecular weight excluding hydrogens is 414 g/mol. The van der Waals surface area contributed by atoms with Crippen molar-refractivity contribution in [3.05, 3.63) is 56.6 Å². The van der Waals surface area contributed by atoms with Gasteiger partial charge in [0.15, 0.2) is 5.13 Å². The summed E-state index contributed by atoms with van der Waals surface area (Å²) in [6.45, 7) is 4.41. The van der Waals surface area contributed by atoms with Crippen LogP contribution in [-0.4, -0.2) is 32.1 Å².